The number of hydrogen-bond donors (Lipinski definition) is 1. The first-order chi connectivity index (χ1) is 9.08. The predicted molar refractivity (Wildman–Crippen MR) is 77.0 cm³/mol. The largest absolute Gasteiger partial charge is 0.378 e. The Balaban J connectivity index is 2.12. The van der Waals surface area contributed by atoms with Gasteiger partial charge >= 0.3 is 0 Å². The van der Waals surface area contributed by atoms with E-state index in [-0.39, 0.29) is 5.82 Å². The van der Waals surface area contributed by atoms with E-state index in [0.717, 1.165) is 17.1 Å². The summed E-state index contributed by atoms with van der Waals surface area (Å²) in [5.41, 5.74) is 2.52. The molecule has 0 aliphatic rings. The molecule has 2 aromatic rings. The number of hydrogen-bond acceptors (Lipinski definition) is 3. The van der Waals surface area contributed by atoms with Gasteiger partial charge in [-0.3, -0.25) is 0 Å². The summed E-state index contributed by atoms with van der Waals surface area (Å²) < 4.78 is 13.5. The first-order valence-corrected chi connectivity index (χ1v) is 6.19. The average molecular weight is 259 g/mol. The van der Waals surface area contributed by atoms with Gasteiger partial charge in [-0.25, -0.2) is 9.37 Å². The SMILES string of the molecule is Cc1ccc(CNc2cccnc2N(C)C)cc1F. The van der Waals surface area contributed by atoms with Crippen molar-refractivity contribution in [3.63, 3.8) is 0 Å². The van der Waals surface area contributed by atoms with Crippen molar-refractivity contribution in [2.24, 2.45) is 0 Å². The molecule has 0 atom stereocenters. The molecule has 0 aliphatic carbocycles. The third kappa shape index (κ3) is 3.22. The van der Waals surface area contributed by atoms with E-state index >= 15 is 0 Å². The van der Waals surface area contributed by atoms with Crippen LogP contribution < -0.4 is 10.2 Å². The minimum absolute atomic E-state index is 0.168. The van der Waals surface area contributed by atoms with Gasteiger partial charge in [0.05, 0.1) is 5.69 Å². The van der Waals surface area contributed by atoms with E-state index in [1.54, 1.807) is 25.3 Å². The van der Waals surface area contributed by atoms with E-state index in [0.29, 0.717) is 12.1 Å². The van der Waals surface area contributed by atoms with Gasteiger partial charge in [0.1, 0.15) is 5.82 Å². The van der Waals surface area contributed by atoms with Gasteiger partial charge in [-0.1, -0.05) is 12.1 Å². The highest BCUT2D eigenvalue weighted by atomic mass is 19.1. The standard InChI is InChI=1S/C15H18FN3/c1-11-6-7-12(9-13(11)16)10-18-14-5-4-8-17-15(14)19(2)3/h4-9,18H,10H2,1-3H3. The number of anilines is 2. The molecule has 0 saturated heterocycles. The number of aryl methyl sites for hydroxylation is 1. The summed E-state index contributed by atoms with van der Waals surface area (Å²) in [6, 6.07) is 9.13. The van der Waals surface area contributed by atoms with Crippen LogP contribution in [0.5, 0.6) is 0 Å². The van der Waals surface area contributed by atoms with Crippen molar-refractivity contribution in [3.05, 3.63) is 53.5 Å². The second-order valence-electron chi connectivity index (χ2n) is 4.71. The molecule has 3 nitrogen and oxygen atoms in total. The minimum atomic E-state index is -0.168. The van der Waals surface area contributed by atoms with E-state index in [4.69, 9.17) is 0 Å². The van der Waals surface area contributed by atoms with Crippen molar-refractivity contribution < 1.29 is 4.39 Å². The molecule has 0 spiro atoms. The zero-order valence-corrected chi connectivity index (χ0v) is 11.4. The number of benzene rings is 1. The van der Waals surface area contributed by atoms with E-state index in [1.165, 1.54) is 0 Å². The van der Waals surface area contributed by atoms with E-state index in [1.807, 2.05) is 37.2 Å². The van der Waals surface area contributed by atoms with Crippen LogP contribution in [0.4, 0.5) is 15.9 Å². The van der Waals surface area contributed by atoms with Gasteiger partial charge in [-0.05, 0) is 36.2 Å². The Hall–Kier alpha value is -2.10. The van der Waals surface area contributed by atoms with E-state index < -0.39 is 0 Å². The molecular formula is C15H18FN3. The van der Waals surface area contributed by atoms with E-state index in [2.05, 4.69) is 10.3 Å². The molecule has 0 aliphatic heterocycles. The molecule has 0 amide bonds. The molecule has 0 bridgehead atoms. The number of nitrogens with one attached hydrogen (secondary N) is 1. The van der Waals surface area contributed by atoms with Crippen LogP contribution in [-0.2, 0) is 6.54 Å². The Morgan fingerprint density at radius 1 is 1.26 bits per heavy atom. The molecule has 2 rings (SSSR count). The van der Waals surface area contributed by atoms with Crippen molar-refractivity contribution in [1.82, 2.24) is 4.98 Å². The second-order valence-corrected chi connectivity index (χ2v) is 4.71. The maximum atomic E-state index is 13.5. The quantitative estimate of drug-likeness (QED) is 0.914. The fraction of sp³-hybridized carbons (Fsp3) is 0.267. The van der Waals surface area contributed by atoms with Crippen molar-refractivity contribution in [1.29, 1.82) is 0 Å². The van der Waals surface area contributed by atoms with Crippen LogP contribution in [0.15, 0.2) is 36.5 Å². The fourth-order valence-electron chi connectivity index (χ4n) is 1.83. The van der Waals surface area contributed by atoms with Gasteiger partial charge in [-0.2, -0.15) is 0 Å². The molecule has 1 N–H and O–H groups in total. The maximum Gasteiger partial charge on any atom is 0.151 e. The van der Waals surface area contributed by atoms with Crippen molar-refractivity contribution >= 4 is 11.5 Å². The van der Waals surface area contributed by atoms with Gasteiger partial charge in [-0.15, -0.1) is 0 Å². The highest BCUT2D eigenvalue weighted by Gasteiger charge is 2.05. The van der Waals surface area contributed by atoms with Gasteiger partial charge in [0.2, 0.25) is 0 Å². The summed E-state index contributed by atoms with van der Waals surface area (Å²) in [4.78, 5) is 6.25. The molecule has 1 heterocycles. The van der Waals surface area contributed by atoms with Crippen LogP contribution >= 0.6 is 0 Å². The molecule has 1 aromatic heterocycles. The highest BCUT2D eigenvalue weighted by Crippen LogP contribution is 2.21. The Kier molecular flexibility index (Phi) is 4.00. The smallest absolute Gasteiger partial charge is 0.151 e. The van der Waals surface area contributed by atoms with Crippen LogP contribution in [-0.4, -0.2) is 19.1 Å². The third-order valence-corrected chi connectivity index (χ3v) is 2.93. The monoisotopic (exact) mass is 259 g/mol. The lowest BCUT2D eigenvalue weighted by molar-refractivity contribution is 0.616. The van der Waals surface area contributed by atoms with Crippen LogP contribution in [0.2, 0.25) is 0 Å². The molecule has 100 valence electrons. The van der Waals surface area contributed by atoms with Crippen LogP contribution in [0, 0.1) is 12.7 Å². The fourth-order valence-corrected chi connectivity index (χ4v) is 1.83. The predicted octanol–water partition coefficient (Wildman–Crippen LogP) is 3.21. The van der Waals surface area contributed by atoms with Crippen LogP contribution in [0.25, 0.3) is 0 Å². The first-order valence-electron chi connectivity index (χ1n) is 6.19. The number of pyridine rings is 1. The summed E-state index contributed by atoms with van der Waals surface area (Å²) in [5, 5.41) is 3.29. The molecule has 0 saturated carbocycles. The molecular weight excluding hydrogens is 241 g/mol. The van der Waals surface area contributed by atoms with E-state index in [9.17, 15) is 4.39 Å². The van der Waals surface area contributed by atoms with Gasteiger partial charge < -0.3 is 10.2 Å². The van der Waals surface area contributed by atoms with Gasteiger partial charge in [0, 0.05) is 26.8 Å². The number of halogens is 1. The summed E-state index contributed by atoms with van der Waals surface area (Å²) in [7, 11) is 3.89. The Labute approximate surface area is 113 Å². The van der Waals surface area contributed by atoms with Crippen molar-refractivity contribution in [2.75, 3.05) is 24.3 Å². The normalized spacial score (nSPS) is 10.3. The first kappa shape index (κ1) is 13.3. The Bertz CT molecular complexity index is 567. The lowest BCUT2D eigenvalue weighted by atomic mass is 10.1. The topological polar surface area (TPSA) is 28.2 Å². The van der Waals surface area contributed by atoms with Crippen LogP contribution in [0.1, 0.15) is 11.1 Å². The lowest BCUT2D eigenvalue weighted by Crippen LogP contribution is -2.13. The van der Waals surface area contributed by atoms with Crippen molar-refractivity contribution in [3.8, 4) is 0 Å². The second kappa shape index (κ2) is 5.69. The zero-order chi connectivity index (χ0) is 13.8. The third-order valence-electron chi connectivity index (χ3n) is 2.93. The Morgan fingerprint density at radius 3 is 2.74 bits per heavy atom. The summed E-state index contributed by atoms with van der Waals surface area (Å²) >= 11 is 0. The number of aromatic nitrogens is 1. The maximum absolute atomic E-state index is 13.5. The van der Waals surface area contributed by atoms with Gasteiger partial charge in [0.15, 0.2) is 5.82 Å². The number of nitrogens with zero attached hydrogens (tertiary/aromatic N) is 2. The average Bonchev–Trinajstić information content (AvgIpc) is 2.40. The highest BCUT2D eigenvalue weighted by molar-refractivity contribution is 5.64. The molecule has 0 fully saturated rings. The van der Waals surface area contributed by atoms with Crippen molar-refractivity contribution in [2.45, 2.75) is 13.5 Å². The lowest BCUT2D eigenvalue weighted by Gasteiger charge is -2.17. The molecule has 0 unspecified atom stereocenters. The Morgan fingerprint density at radius 2 is 2.05 bits per heavy atom. The molecule has 19 heavy (non-hydrogen) atoms. The van der Waals surface area contributed by atoms with Crippen LogP contribution in [0.3, 0.4) is 0 Å². The summed E-state index contributed by atoms with van der Waals surface area (Å²) in [5.74, 6) is 0.702. The van der Waals surface area contributed by atoms with Gasteiger partial charge in [0.25, 0.3) is 0 Å². The minimum Gasteiger partial charge on any atom is -0.378 e. The number of rotatable bonds is 4. The zero-order valence-electron chi connectivity index (χ0n) is 11.4. The summed E-state index contributed by atoms with van der Waals surface area (Å²) in [6.07, 6.45) is 1.76. The summed E-state index contributed by atoms with van der Waals surface area (Å²) in [6.45, 7) is 2.33. The molecule has 1 aromatic carbocycles. The molecule has 0 radical (unpaired) electrons. The molecule has 4 heteroatoms.